The van der Waals surface area contributed by atoms with E-state index in [-0.39, 0.29) is 18.5 Å². The van der Waals surface area contributed by atoms with Gasteiger partial charge in [0.15, 0.2) is 0 Å². The monoisotopic (exact) mass is 237 g/mol. The minimum absolute atomic E-state index is 0.0402. The van der Waals surface area contributed by atoms with E-state index in [1.54, 1.807) is 0 Å². The highest BCUT2D eigenvalue weighted by Gasteiger charge is 2.37. The quantitative estimate of drug-likeness (QED) is 0.782. The lowest BCUT2D eigenvalue weighted by molar-refractivity contribution is -0.137. The third-order valence-corrected chi connectivity index (χ3v) is 3.58. The molecule has 0 aromatic carbocycles. The molecule has 6 heteroatoms. The second-order valence-electron chi connectivity index (χ2n) is 4.72. The number of nitrogens with two attached hydrogens (primary N) is 1. The van der Waals surface area contributed by atoms with Gasteiger partial charge in [-0.15, -0.1) is 0 Å². The van der Waals surface area contributed by atoms with Crippen LogP contribution in [0.2, 0.25) is 0 Å². The number of piperazine rings is 3. The first-order valence-electron chi connectivity index (χ1n) is 5.74. The molecule has 94 valence electrons. The van der Waals surface area contributed by atoms with Crippen LogP contribution in [0.5, 0.6) is 0 Å². The lowest BCUT2D eigenvalue weighted by Crippen LogP contribution is -2.65. The fraction of sp³-hybridized carbons (Fsp3) is 1.00. The molecule has 0 radical (unpaired) electrons. The number of hydrogen-bond acceptors (Lipinski definition) is 3. The van der Waals surface area contributed by atoms with Crippen LogP contribution in [-0.2, 0) is 0 Å². The van der Waals surface area contributed by atoms with Gasteiger partial charge in [-0.1, -0.05) is 0 Å². The van der Waals surface area contributed by atoms with Gasteiger partial charge in [0.1, 0.15) is 0 Å². The SMILES string of the molecule is NC(CCC(F)(F)F)C1CN2CCN1CC2. The summed E-state index contributed by atoms with van der Waals surface area (Å²) in [6, 6.07) is -0.241. The third kappa shape index (κ3) is 2.87. The topological polar surface area (TPSA) is 32.5 Å². The zero-order chi connectivity index (χ0) is 11.8. The van der Waals surface area contributed by atoms with Crippen molar-refractivity contribution in [1.82, 2.24) is 9.80 Å². The Hall–Kier alpha value is -0.330. The van der Waals surface area contributed by atoms with Crippen molar-refractivity contribution in [3.05, 3.63) is 0 Å². The lowest BCUT2D eigenvalue weighted by Gasteiger charge is -2.49. The largest absolute Gasteiger partial charge is 0.389 e. The molecule has 0 amide bonds. The predicted octanol–water partition coefficient (Wildman–Crippen LogP) is 0.656. The molecule has 0 aliphatic carbocycles. The van der Waals surface area contributed by atoms with E-state index in [1.165, 1.54) is 0 Å². The maximum Gasteiger partial charge on any atom is 0.389 e. The van der Waals surface area contributed by atoms with E-state index in [1.807, 2.05) is 0 Å². The summed E-state index contributed by atoms with van der Waals surface area (Å²) < 4.78 is 36.3. The van der Waals surface area contributed by atoms with Gasteiger partial charge in [0, 0.05) is 51.2 Å². The standard InChI is InChI=1S/C10H18F3N3/c11-10(12,13)2-1-8(14)9-7-15-3-5-16(9)6-4-15/h8-9H,1-7,14H2. The van der Waals surface area contributed by atoms with E-state index in [0.717, 1.165) is 32.7 Å². The third-order valence-electron chi connectivity index (χ3n) is 3.58. The number of rotatable bonds is 3. The maximum atomic E-state index is 12.1. The lowest BCUT2D eigenvalue weighted by atomic mass is 9.97. The van der Waals surface area contributed by atoms with E-state index in [4.69, 9.17) is 5.73 Å². The van der Waals surface area contributed by atoms with Crippen molar-refractivity contribution in [3.63, 3.8) is 0 Å². The fourth-order valence-corrected chi connectivity index (χ4v) is 2.59. The van der Waals surface area contributed by atoms with Crippen LogP contribution in [0.3, 0.4) is 0 Å². The van der Waals surface area contributed by atoms with Crippen LogP contribution in [0.25, 0.3) is 0 Å². The average molecular weight is 237 g/mol. The van der Waals surface area contributed by atoms with Crippen LogP contribution in [0.1, 0.15) is 12.8 Å². The molecule has 3 heterocycles. The van der Waals surface area contributed by atoms with Crippen molar-refractivity contribution >= 4 is 0 Å². The molecule has 0 aromatic rings. The van der Waals surface area contributed by atoms with Gasteiger partial charge in [0.25, 0.3) is 0 Å². The summed E-state index contributed by atoms with van der Waals surface area (Å²) in [5, 5.41) is 0. The minimum Gasteiger partial charge on any atom is -0.326 e. The normalized spacial score (nSPS) is 36.4. The molecular weight excluding hydrogens is 219 g/mol. The molecular formula is C10H18F3N3. The minimum atomic E-state index is -4.08. The Labute approximate surface area is 93.4 Å². The van der Waals surface area contributed by atoms with E-state index >= 15 is 0 Å². The first-order valence-corrected chi connectivity index (χ1v) is 5.74. The van der Waals surface area contributed by atoms with Gasteiger partial charge >= 0.3 is 6.18 Å². The van der Waals surface area contributed by atoms with Crippen LogP contribution in [0, 0.1) is 0 Å². The number of hydrogen-bond donors (Lipinski definition) is 1. The molecule has 0 aromatic heterocycles. The Morgan fingerprint density at radius 2 is 1.81 bits per heavy atom. The zero-order valence-electron chi connectivity index (χ0n) is 9.21. The summed E-state index contributed by atoms with van der Waals surface area (Å²) in [5.41, 5.74) is 5.87. The summed E-state index contributed by atoms with van der Waals surface area (Å²) in [6.07, 6.45) is -4.81. The summed E-state index contributed by atoms with van der Waals surface area (Å²) in [6.45, 7) is 4.79. The average Bonchev–Trinajstić information content (AvgIpc) is 2.26. The molecule has 0 spiro atoms. The van der Waals surface area contributed by atoms with Gasteiger partial charge in [-0.2, -0.15) is 13.2 Å². The Kier molecular flexibility index (Phi) is 3.42. The summed E-state index contributed by atoms with van der Waals surface area (Å²) in [4.78, 5) is 4.53. The Morgan fingerprint density at radius 1 is 1.19 bits per heavy atom. The van der Waals surface area contributed by atoms with E-state index in [0.29, 0.717) is 0 Å². The number of nitrogens with zero attached hydrogens (tertiary/aromatic N) is 2. The van der Waals surface area contributed by atoms with Gasteiger partial charge in [-0.3, -0.25) is 9.80 Å². The van der Waals surface area contributed by atoms with Crippen LogP contribution in [0.4, 0.5) is 13.2 Å². The van der Waals surface area contributed by atoms with Crippen molar-refractivity contribution in [2.45, 2.75) is 31.1 Å². The number of fused-ring (bicyclic) bond motifs is 3. The number of halogens is 3. The molecule has 16 heavy (non-hydrogen) atoms. The summed E-state index contributed by atoms with van der Waals surface area (Å²) in [5.74, 6) is 0. The van der Waals surface area contributed by atoms with E-state index in [9.17, 15) is 13.2 Å². The summed E-state index contributed by atoms with van der Waals surface area (Å²) >= 11 is 0. The van der Waals surface area contributed by atoms with Crippen LogP contribution < -0.4 is 5.73 Å². The predicted molar refractivity (Wildman–Crippen MR) is 55.1 cm³/mol. The highest BCUT2D eigenvalue weighted by molar-refractivity contribution is 4.93. The first-order chi connectivity index (χ1) is 7.46. The smallest absolute Gasteiger partial charge is 0.326 e. The van der Waals surface area contributed by atoms with Crippen molar-refractivity contribution in [2.75, 3.05) is 32.7 Å². The Bertz CT molecular complexity index is 236. The molecule has 3 saturated heterocycles. The van der Waals surface area contributed by atoms with E-state index in [2.05, 4.69) is 9.80 Å². The van der Waals surface area contributed by atoms with Crippen molar-refractivity contribution in [1.29, 1.82) is 0 Å². The molecule has 2 bridgehead atoms. The fourth-order valence-electron chi connectivity index (χ4n) is 2.59. The molecule has 0 saturated carbocycles. The molecule has 3 rings (SSSR count). The van der Waals surface area contributed by atoms with Gasteiger partial charge in [-0.25, -0.2) is 0 Å². The van der Waals surface area contributed by atoms with Crippen LogP contribution >= 0.6 is 0 Å². The van der Waals surface area contributed by atoms with Gasteiger partial charge in [0.05, 0.1) is 0 Å². The summed E-state index contributed by atoms with van der Waals surface area (Å²) in [7, 11) is 0. The van der Waals surface area contributed by atoms with Gasteiger partial charge < -0.3 is 5.73 Å². The van der Waals surface area contributed by atoms with Crippen LogP contribution in [-0.4, -0.2) is 60.8 Å². The van der Waals surface area contributed by atoms with Gasteiger partial charge in [0.2, 0.25) is 0 Å². The van der Waals surface area contributed by atoms with Crippen LogP contribution in [0.15, 0.2) is 0 Å². The second kappa shape index (κ2) is 4.50. The van der Waals surface area contributed by atoms with Crippen molar-refractivity contribution in [2.24, 2.45) is 5.73 Å². The second-order valence-corrected chi connectivity index (χ2v) is 4.72. The Morgan fingerprint density at radius 3 is 2.25 bits per heavy atom. The maximum absolute atomic E-state index is 12.1. The molecule has 3 fully saturated rings. The molecule has 3 aliphatic rings. The molecule has 3 nitrogen and oxygen atoms in total. The van der Waals surface area contributed by atoms with E-state index < -0.39 is 12.6 Å². The molecule has 2 N–H and O–H groups in total. The van der Waals surface area contributed by atoms with Crippen molar-refractivity contribution < 1.29 is 13.2 Å². The first kappa shape index (κ1) is 12.1. The highest BCUT2D eigenvalue weighted by Crippen LogP contribution is 2.25. The zero-order valence-corrected chi connectivity index (χ0v) is 9.21. The molecule has 2 unspecified atom stereocenters. The number of alkyl halides is 3. The van der Waals surface area contributed by atoms with Gasteiger partial charge in [-0.05, 0) is 6.42 Å². The highest BCUT2D eigenvalue weighted by atomic mass is 19.4. The van der Waals surface area contributed by atoms with Crippen molar-refractivity contribution in [3.8, 4) is 0 Å². The Balaban J connectivity index is 1.83. The molecule has 3 aliphatic heterocycles. The molecule has 2 atom stereocenters.